The minimum Gasteiger partial charge on any atom is -0.469 e. The smallest absolute Gasteiger partial charge is 0.108 e. The molecule has 0 aromatic carbocycles. The van der Waals surface area contributed by atoms with Gasteiger partial charge in [0.25, 0.3) is 0 Å². The summed E-state index contributed by atoms with van der Waals surface area (Å²) in [7, 11) is 0. The molecule has 2 aliphatic rings. The van der Waals surface area contributed by atoms with E-state index in [4.69, 9.17) is 4.42 Å². The lowest BCUT2D eigenvalue weighted by molar-refractivity contribution is 0.186. The first-order chi connectivity index (χ1) is 9.36. The van der Waals surface area contributed by atoms with Gasteiger partial charge in [0.15, 0.2) is 0 Å². The van der Waals surface area contributed by atoms with E-state index >= 15 is 0 Å². The van der Waals surface area contributed by atoms with E-state index in [0.717, 1.165) is 12.3 Å². The zero-order chi connectivity index (χ0) is 13.1. The van der Waals surface area contributed by atoms with Crippen LogP contribution >= 0.6 is 0 Å². The van der Waals surface area contributed by atoms with Gasteiger partial charge in [-0.2, -0.15) is 0 Å². The van der Waals surface area contributed by atoms with Crippen molar-refractivity contribution < 1.29 is 4.42 Å². The monoisotopic (exact) mass is 262 g/mol. The molecule has 0 saturated carbocycles. The molecule has 1 atom stereocenters. The number of hydrogen-bond donors (Lipinski definition) is 1. The van der Waals surface area contributed by atoms with Crippen molar-refractivity contribution in [1.82, 2.24) is 10.2 Å². The van der Waals surface area contributed by atoms with Crippen LogP contribution in [0.1, 0.15) is 50.0 Å². The van der Waals surface area contributed by atoms with Crippen molar-refractivity contribution in [2.75, 3.05) is 26.2 Å². The molecule has 1 aromatic heterocycles. The average molecular weight is 262 g/mol. The van der Waals surface area contributed by atoms with Gasteiger partial charge in [-0.25, -0.2) is 0 Å². The Labute approximate surface area is 116 Å². The summed E-state index contributed by atoms with van der Waals surface area (Å²) in [5.41, 5.74) is 1.41. The Kier molecular flexibility index (Phi) is 4.24. The highest BCUT2D eigenvalue weighted by Crippen LogP contribution is 2.30. The molecule has 2 heterocycles. The van der Waals surface area contributed by atoms with Crippen molar-refractivity contribution >= 4 is 0 Å². The highest BCUT2D eigenvalue weighted by Gasteiger charge is 2.24. The predicted molar refractivity (Wildman–Crippen MR) is 77.2 cm³/mol. The highest BCUT2D eigenvalue weighted by molar-refractivity contribution is 5.23. The number of nitrogens with zero attached hydrogens (tertiary/aromatic N) is 1. The van der Waals surface area contributed by atoms with Crippen LogP contribution in [0.2, 0.25) is 0 Å². The number of hydrogen-bond acceptors (Lipinski definition) is 3. The Hall–Kier alpha value is -0.800. The van der Waals surface area contributed by atoms with Crippen LogP contribution in [0.5, 0.6) is 0 Å². The van der Waals surface area contributed by atoms with Crippen LogP contribution in [-0.2, 0) is 6.42 Å². The zero-order valence-electron chi connectivity index (χ0n) is 12.0. The highest BCUT2D eigenvalue weighted by atomic mass is 16.3. The summed E-state index contributed by atoms with van der Waals surface area (Å²) in [5.74, 6) is 2.07. The van der Waals surface area contributed by atoms with Crippen LogP contribution in [0.4, 0.5) is 0 Å². The summed E-state index contributed by atoms with van der Waals surface area (Å²) in [6.07, 6.45) is 8.20. The molecule has 0 spiro atoms. The van der Waals surface area contributed by atoms with Crippen LogP contribution in [-0.4, -0.2) is 31.1 Å². The van der Waals surface area contributed by atoms with Crippen molar-refractivity contribution in [1.29, 1.82) is 0 Å². The van der Waals surface area contributed by atoms with Crippen LogP contribution < -0.4 is 5.32 Å². The Morgan fingerprint density at radius 1 is 1.32 bits per heavy atom. The van der Waals surface area contributed by atoms with E-state index in [1.54, 1.807) is 0 Å². The van der Waals surface area contributed by atoms with E-state index in [1.165, 1.54) is 63.2 Å². The number of fused-ring (bicyclic) bond motifs is 1. The first-order valence-electron chi connectivity index (χ1n) is 7.89. The van der Waals surface area contributed by atoms with Gasteiger partial charge < -0.3 is 14.6 Å². The number of likely N-dealkylation sites (tertiary alicyclic amines) is 1. The quantitative estimate of drug-likeness (QED) is 0.904. The summed E-state index contributed by atoms with van der Waals surface area (Å²) in [4.78, 5) is 2.56. The number of aryl methyl sites for hydroxylation is 1. The fourth-order valence-corrected chi connectivity index (χ4v) is 3.51. The van der Waals surface area contributed by atoms with Crippen molar-refractivity contribution in [2.45, 2.75) is 45.1 Å². The lowest BCUT2D eigenvalue weighted by Crippen LogP contribution is -2.38. The third kappa shape index (κ3) is 3.03. The summed E-state index contributed by atoms with van der Waals surface area (Å²) in [5, 5.41) is 3.79. The normalized spacial score (nSPS) is 25.4. The maximum atomic E-state index is 5.56. The average Bonchev–Trinajstić information content (AvgIpc) is 2.94. The SMILES string of the molecule is CCN1CCC(CNC2CCCc3occc32)CC1. The molecule has 1 fully saturated rings. The van der Waals surface area contributed by atoms with Gasteiger partial charge in [-0.15, -0.1) is 0 Å². The van der Waals surface area contributed by atoms with Gasteiger partial charge in [-0.05, 0) is 63.8 Å². The second kappa shape index (κ2) is 6.10. The molecule has 3 heteroatoms. The summed E-state index contributed by atoms with van der Waals surface area (Å²) in [6, 6.07) is 2.69. The fraction of sp³-hybridized carbons (Fsp3) is 0.750. The van der Waals surface area contributed by atoms with Crippen LogP contribution in [0, 0.1) is 5.92 Å². The third-order valence-electron chi connectivity index (χ3n) is 4.86. The number of piperidine rings is 1. The molecule has 1 aliphatic carbocycles. The topological polar surface area (TPSA) is 28.4 Å². The van der Waals surface area contributed by atoms with E-state index in [1.807, 2.05) is 6.26 Å². The fourth-order valence-electron chi connectivity index (χ4n) is 3.51. The molecule has 19 heavy (non-hydrogen) atoms. The van der Waals surface area contributed by atoms with Crippen molar-refractivity contribution in [3.63, 3.8) is 0 Å². The second-order valence-corrected chi connectivity index (χ2v) is 6.03. The molecule has 0 amide bonds. The Bertz CT molecular complexity index is 393. The molecule has 106 valence electrons. The first-order valence-corrected chi connectivity index (χ1v) is 7.89. The summed E-state index contributed by atoms with van der Waals surface area (Å²) >= 11 is 0. The standard InChI is InChI=1S/C16H26N2O/c1-2-18-9-6-13(7-10-18)12-17-15-4-3-5-16-14(15)8-11-19-16/h8,11,13,15,17H,2-7,9-10,12H2,1H3. The maximum absolute atomic E-state index is 5.56. The lowest BCUT2D eigenvalue weighted by Gasteiger charge is -2.32. The first kappa shape index (κ1) is 13.2. The summed E-state index contributed by atoms with van der Waals surface area (Å²) < 4.78 is 5.56. The van der Waals surface area contributed by atoms with Crippen LogP contribution in [0.15, 0.2) is 16.7 Å². The molecular weight excluding hydrogens is 236 g/mol. The Balaban J connectivity index is 1.49. The Morgan fingerprint density at radius 3 is 2.95 bits per heavy atom. The molecule has 3 nitrogen and oxygen atoms in total. The van der Waals surface area contributed by atoms with Gasteiger partial charge in [0.1, 0.15) is 5.76 Å². The van der Waals surface area contributed by atoms with Gasteiger partial charge >= 0.3 is 0 Å². The number of nitrogens with one attached hydrogen (secondary N) is 1. The minimum atomic E-state index is 0.534. The maximum Gasteiger partial charge on any atom is 0.108 e. The molecule has 0 bridgehead atoms. The van der Waals surface area contributed by atoms with Gasteiger partial charge in [0.2, 0.25) is 0 Å². The molecule has 3 rings (SSSR count). The molecule has 1 saturated heterocycles. The largest absolute Gasteiger partial charge is 0.469 e. The summed E-state index contributed by atoms with van der Waals surface area (Å²) in [6.45, 7) is 7.21. The lowest BCUT2D eigenvalue weighted by atomic mass is 9.91. The molecular formula is C16H26N2O. The van der Waals surface area contributed by atoms with Crippen molar-refractivity contribution in [2.24, 2.45) is 5.92 Å². The molecule has 0 radical (unpaired) electrons. The number of furan rings is 1. The van der Waals surface area contributed by atoms with E-state index < -0.39 is 0 Å². The van der Waals surface area contributed by atoms with Gasteiger partial charge in [-0.3, -0.25) is 0 Å². The van der Waals surface area contributed by atoms with E-state index in [-0.39, 0.29) is 0 Å². The van der Waals surface area contributed by atoms with Gasteiger partial charge in [0, 0.05) is 18.0 Å². The molecule has 1 unspecified atom stereocenters. The van der Waals surface area contributed by atoms with E-state index in [2.05, 4.69) is 23.2 Å². The van der Waals surface area contributed by atoms with Gasteiger partial charge in [-0.1, -0.05) is 6.92 Å². The molecule has 1 aliphatic heterocycles. The minimum absolute atomic E-state index is 0.534. The van der Waals surface area contributed by atoms with Crippen LogP contribution in [0.25, 0.3) is 0 Å². The van der Waals surface area contributed by atoms with Crippen LogP contribution in [0.3, 0.4) is 0 Å². The number of rotatable bonds is 4. The molecule has 1 aromatic rings. The predicted octanol–water partition coefficient (Wildman–Crippen LogP) is 2.98. The zero-order valence-corrected chi connectivity index (χ0v) is 12.0. The Morgan fingerprint density at radius 2 is 2.16 bits per heavy atom. The third-order valence-corrected chi connectivity index (χ3v) is 4.86. The van der Waals surface area contributed by atoms with Crippen molar-refractivity contribution in [3.05, 3.63) is 23.7 Å². The van der Waals surface area contributed by atoms with E-state index in [0.29, 0.717) is 6.04 Å². The van der Waals surface area contributed by atoms with Gasteiger partial charge in [0.05, 0.1) is 6.26 Å². The second-order valence-electron chi connectivity index (χ2n) is 6.03. The van der Waals surface area contributed by atoms with E-state index in [9.17, 15) is 0 Å². The molecule has 1 N–H and O–H groups in total. The van der Waals surface area contributed by atoms with Crippen molar-refractivity contribution in [3.8, 4) is 0 Å².